The van der Waals surface area contributed by atoms with Gasteiger partial charge in [0.25, 0.3) is 5.56 Å². The summed E-state index contributed by atoms with van der Waals surface area (Å²) in [7, 11) is 0. The molecule has 1 atom stereocenters. The summed E-state index contributed by atoms with van der Waals surface area (Å²) in [6, 6.07) is 0. The van der Waals surface area contributed by atoms with E-state index in [1.807, 2.05) is 0 Å². The Morgan fingerprint density at radius 2 is 2.28 bits per heavy atom. The highest BCUT2D eigenvalue weighted by Crippen LogP contribution is 2.38. The van der Waals surface area contributed by atoms with Crippen LogP contribution in [0.5, 0.6) is 0 Å². The maximum atomic E-state index is 13.2. The summed E-state index contributed by atoms with van der Waals surface area (Å²) in [6.07, 6.45) is 3.48. The van der Waals surface area contributed by atoms with Crippen LogP contribution in [0, 0.1) is 5.92 Å². The van der Waals surface area contributed by atoms with Gasteiger partial charge in [0.1, 0.15) is 4.83 Å². The van der Waals surface area contributed by atoms with Crippen molar-refractivity contribution < 1.29 is 4.74 Å². The van der Waals surface area contributed by atoms with Gasteiger partial charge in [-0.2, -0.15) is 0 Å². The molecule has 0 aromatic carbocycles. The molecule has 3 rings (SSSR count). The smallest absolute Gasteiger partial charge is 0.263 e. The molecule has 0 amide bonds. The zero-order valence-electron chi connectivity index (χ0n) is 15.4. The third-order valence-corrected chi connectivity index (χ3v) is 7.17. The molecule has 1 aliphatic heterocycles. The molecule has 0 saturated heterocycles. The molecular formula is C19H26N2O2S2. The van der Waals surface area contributed by atoms with Crippen LogP contribution in [0.1, 0.15) is 44.6 Å². The molecule has 0 bridgehead atoms. The lowest BCUT2D eigenvalue weighted by Crippen LogP contribution is -2.34. The number of aromatic nitrogens is 2. The Labute approximate surface area is 157 Å². The second-order valence-electron chi connectivity index (χ2n) is 7.26. The van der Waals surface area contributed by atoms with Crippen LogP contribution >= 0.6 is 23.1 Å². The van der Waals surface area contributed by atoms with Crippen LogP contribution in [-0.2, 0) is 24.3 Å². The minimum absolute atomic E-state index is 0.0639. The Morgan fingerprint density at radius 1 is 1.52 bits per heavy atom. The van der Waals surface area contributed by atoms with E-state index < -0.39 is 0 Å². The number of hydrogen-bond acceptors (Lipinski definition) is 5. The van der Waals surface area contributed by atoms with Crippen molar-refractivity contribution >= 4 is 33.3 Å². The topological polar surface area (TPSA) is 44.1 Å². The van der Waals surface area contributed by atoms with Gasteiger partial charge in [0.05, 0.1) is 17.6 Å². The summed E-state index contributed by atoms with van der Waals surface area (Å²) in [5, 5.41) is 1.59. The van der Waals surface area contributed by atoms with Crippen molar-refractivity contribution in [2.24, 2.45) is 5.92 Å². The first kappa shape index (κ1) is 18.7. The number of nitrogens with zero attached hydrogens (tertiary/aromatic N) is 2. The number of thioether (sulfide) groups is 1. The highest BCUT2D eigenvalue weighted by molar-refractivity contribution is 7.99. The summed E-state index contributed by atoms with van der Waals surface area (Å²) in [5.41, 5.74) is 1.02. The fourth-order valence-electron chi connectivity index (χ4n) is 3.00. The number of thiophene rings is 1. The van der Waals surface area contributed by atoms with E-state index >= 15 is 0 Å². The molecule has 3 heterocycles. The van der Waals surface area contributed by atoms with E-state index in [1.165, 1.54) is 0 Å². The van der Waals surface area contributed by atoms with Crippen molar-refractivity contribution in [1.29, 1.82) is 0 Å². The van der Waals surface area contributed by atoms with E-state index in [0.29, 0.717) is 19.1 Å². The monoisotopic (exact) mass is 378 g/mol. The van der Waals surface area contributed by atoms with Crippen LogP contribution in [-0.4, -0.2) is 20.9 Å². The van der Waals surface area contributed by atoms with Gasteiger partial charge in [-0.15, -0.1) is 17.9 Å². The zero-order chi connectivity index (χ0) is 18.2. The van der Waals surface area contributed by atoms with Gasteiger partial charge in [-0.3, -0.25) is 9.36 Å². The lowest BCUT2D eigenvalue weighted by Gasteiger charge is -2.32. The van der Waals surface area contributed by atoms with Gasteiger partial charge in [0.2, 0.25) is 0 Å². The minimum Gasteiger partial charge on any atom is -0.369 e. The van der Waals surface area contributed by atoms with Gasteiger partial charge in [0, 0.05) is 23.6 Å². The summed E-state index contributed by atoms with van der Waals surface area (Å²) < 4.78 is 7.82. The van der Waals surface area contributed by atoms with Crippen LogP contribution in [0.3, 0.4) is 0 Å². The van der Waals surface area contributed by atoms with Crippen LogP contribution in [0.4, 0.5) is 0 Å². The van der Waals surface area contributed by atoms with Crippen LogP contribution in [0.15, 0.2) is 22.6 Å². The molecule has 0 radical (unpaired) electrons. The average molecular weight is 379 g/mol. The molecule has 6 heteroatoms. The van der Waals surface area contributed by atoms with Crippen molar-refractivity contribution in [2.45, 2.75) is 64.4 Å². The molecule has 0 unspecified atom stereocenters. The second kappa shape index (κ2) is 7.25. The molecule has 0 spiro atoms. The highest BCUT2D eigenvalue weighted by atomic mass is 32.2. The SMILES string of the molecule is C=CCn1c(SCC(C)C)nc2sc3c(c2c1=O)C[C@@](C)(CC)OC3. The first-order valence-electron chi connectivity index (χ1n) is 8.81. The molecule has 136 valence electrons. The first-order valence-corrected chi connectivity index (χ1v) is 10.6. The molecular weight excluding hydrogens is 352 g/mol. The van der Waals surface area contributed by atoms with Gasteiger partial charge in [0.15, 0.2) is 5.16 Å². The highest BCUT2D eigenvalue weighted by Gasteiger charge is 2.33. The molecule has 25 heavy (non-hydrogen) atoms. The van der Waals surface area contributed by atoms with Crippen molar-refractivity contribution in [3.8, 4) is 0 Å². The minimum atomic E-state index is -0.193. The number of fused-ring (bicyclic) bond motifs is 3. The van der Waals surface area contributed by atoms with Gasteiger partial charge >= 0.3 is 0 Å². The fourth-order valence-corrected chi connectivity index (χ4v) is 5.11. The van der Waals surface area contributed by atoms with Crippen molar-refractivity contribution in [1.82, 2.24) is 9.55 Å². The lowest BCUT2D eigenvalue weighted by atomic mass is 9.90. The maximum absolute atomic E-state index is 13.2. The summed E-state index contributed by atoms with van der Waals surface area (Å²) >= 11 is 3.27. The number of rotatable bonds is 6. The van der Waals surface area contributed by atoms with Crippen molar-refractivity contribution in [2.75, 3.05) is 5.75 Å². The average Bonchev–Trinajstić information content (AvgIpc) is 2.93. The molecule has 4 nitrogen and oxygen atoms in total. The van der Waals surface area contributed by atoms with E-state index in [0.717, 1.165) is 44.4 Å². The van der Waals surface area contributed by atoms with Crippen molar-refractivity contribution in [3.63, 3.8) is 0 Å². The van der Waals surface area contributed by atoms with Crippen LogP contribution in [0.2, 0.25) is 0 Å². The molecule has 2 aromatic heterocycles. The third-order valence-electron chi connectivity index (χ3n) is 4.67. The predicted molar refractivity (Wildman–Crippen MR) is 107 cm³/mol. The van der Waals surface area contributed by atoms with E-state index in [1.54, 1.807) is 33.7 Å². The lowest BCUT2D eigenvalue weighted by molar-refractivity contribution is -0.0543. The predicted octanol–water partition coefficient (Wildman–Crippen LogP) is 4.63. The summed E-state index contributed by atoms with van der Waals surface area (Å²) in [4.78, 5) is 20.1. The Balaban J connectivity index is 2.15. The first-order chi connectivity index (χ1) is 11.9. The van der Waals surface area contributed by atoms with E-state index in [4.69, 9.17) is 9.72 Å². The number of allylic oxidation sites excluding steroid dienone is 1. The van der Waals surface area contributed by atoms with Gasteiger partial charge in [-0.25, -0.2) is 4.98 Å². The number of ether oxygens (including phenoxy) is 1. The normalized spacial score (nSPS) is 20.2. The Hall–Kier alpha value is -1.11. The van der Waals surface area contributed by atoms with E-state index in [-0.39, 0.29) is 11.2 Å². The van der Waals surface area contributed by atoms with Crippen molar-refractivity contribution in [3.05, 3.63) is 33.4 Å². The number of hydrogen-bond donors (Lipinski definition) is 0. The maximum Gasteiger partial charge on any atom is 0.263 e. The molecule has 2 aromatic rings. The molecule has 0 fully saturated rings. The third kappa shape index (κ3) is 3.57. The second-order valence-corrected chi connectivity index (χ2v) is 9.33. The molecule has 0 saturated carbocycles. The Bertz CT molecular complexity index is 853. The quantitative estimate of drug-likeness (QED) is 0.417. The largest absolute Gasteiger partial charge is 0.369 e. The van der Waals surface area contributed by atoms with Gasteiger partial charge in [-0.05, 0) is 24.8 Å². The Kier molecular flexibility index (Phi) is 5.42. The van der Waals surface area contributed by atoms with Gasteiger partial charge in [-0.1, -0.05) is 38.6 Å². The summed E-state index contributed by atoms with van der Waals surface area (Å²) in [5.74, 6) is 1.49. The molecule has 1 aliphatic rings. The van der Waals surface area contributed by atoms with E-state index in [2.05, 4.69) is 34.3 Å². The molecule has 0 aliphatic carbocycles. The van der Waals surface area contributed by atoms with Crippen LogP contribution in [0.25, 0.3) is 10.2 Å². The van der Waals surface area contributed by atoms with Crippen LogP contribution < -0.4 is 5.56 Å². The molecule has 0 N–H and O–H groups in total. The van der Waals surface area contributed by atoms with E-state index in [9.17, 15) is 4.79 Å². The zero-order valence-corrected chi connectivity index (χ0v) is 17.1. The standard InChI is InChI=1S/C19H26N2O2S2/c1-6-8-21-17(22)15-13-9-19(5,7-2)23-10-14(13)25-16(15)20-18(21)24-11-12(3)4/h6,12H,1,7-11H2,2-5H3/t19-/m1/s1. The van der Waals surface area contributed by atoms with Gasteiger partial charge < -0.3 is 4.74 Å². The fraction of sp³-hybridized carbons (Fsp3) is 0.579. The summed E-state index contributed by atoms with van der Waals surface area (Å²) in [6.45, 7) is 13.5. The Morgan fingerprint density at radius 3 is 2.92 bits per heavy atom.